The third-order valence-electron chi connectivity index (χ3n) is 4.14. The van der Waals surface area contributed by atoms with E-state index in [4.69, 9.17) is 4.74 Å². The molecule has 18 heavy (non-hydrogen) atoms. The molecule has 0 aromatic heterocycles. The zero-order chi connectivity index (χ0) is 13.5. The molecule has 0 amide bonds. The molecule has 0 radical (unpaired) electrons. The first-order chi connectivity index (χ1) is 8.60. The first-order valence-electron chi connectivity index (χ1n) is 7.58. The summed E-state index contributed by atoms with van der Waals surface area (Å²) < 4.78 is 5.40. The van der Waals surface area contributed by atoms with E-state index in [9.17, 15) is 0 Å². The first kappa shape index (κ1) is 15.9. The smallest absolute Gasteiger partial charge is 0.0620 e. The zero-order valence-corrected chi connectivity index (χ0v) is 12.9. The SMILES string of the molecule is CCCNC1CCN(C(COC)C(C)C)C(C)C1. The molecule has 3 heteroatoms. The lowest BCUT2D eigenvalue weighted by Gasteiger charge is -2.44. The highest BCUT2D eigenvalue weighted by molar-refractivity contribution is 4.87. The van der Waals surface area contributed by atoms with E-state index in [1.165, 1.54) is 25.8 Å². The number of ether oxygens (including phenoxy) is 1. The average Bonchev–Trinajstić information content (AvgIpc) is 2.34. The van der Waals surface area contributed by atoms with Crippen LogP contribution in [0.25, 0.3) is 0 Å². The van der Waals surface area contributed by atoms with Gasteiger partial charge in [0.15, 0.2) is 0 Å². The van der Waals surface area contributed by atoms with Gasteiger partial charge in [0, 0.05) is 31.8 Å². The van der Waals surface area contributed by atoms with Crippen molar-refractivity contribution in [1.82, 2.24) is 10.2 Å². The summed E-state index contributed by atoms with van der Waals surface area (Å²) in [7, 11) is 1.82. The van der Waals surface area contributed by atoms with E-state index in [1.807, 2.05) is 7.11 Å². The lowest BCUT2D eigenvalue weighted by molar-refractivity contribution is 0.0166. The fourth-order valence-electron chi connectivity index (χ4n) is 3.06. The van der Waals surface area contributed by atoms with Crippen molar-refractivity contribution in [1.29, 1.82) is 0 Å². The summed E-state index contributed by atoms with van der Waals surface area (Å²) in [5, 5.41) is 3.66. The fraction of sp³-hybridized carbons (Fsp3) is 1.00. The Kier molecular flexibility index (Phi) is 7.20. The lowest BCUT2D eigenvalue weighted by Crippen LogP contribution is -2.54. The van der Waals surface area contributed by atoms with Crippen molar-refractivity contribution < 1.29 is 4.74 Å². The molecule has 1 aliphatic rings. The van der Waals surface area contributed by atoms with Crippen molar-refractivity contribution in [3.8, 4) is 0 Å². The highest BCUT2D eigenvalue weighted by Gasteiger charge is 2.31. The number of hydrogen-bond donors (Lipinski definition) is 1. The summed E-state index contributed by atoms with van der Waals surface area (Å²) in [4.78, 5) is 2.65. The monoisotopic (exact) mass is 256 g/mol. The molecule has 0 aromatic carbocycles. The highest BCUT2D eigenvalue weighted by atomic mass is 16.5. The number of rotatable bonds is 7. The van der Waals surface area contributed by atoms with Crippen molar-refractivity contribution in [2.24, 2.45) is 5.92 Å². The van der Waals surface area contributed by atoms with Crippen molar-refractivity contribution in [3.05, 3.63) is 0 Å². The Labute approximate surface area is 113 Å². The predicted molar refractivity (Wildman–Crippen MR) is 78.0 cm³/mol. The van der Waals surface area contributed by atoms with Gasteiger partial charge >= 0.3 is 0 Å². The van der Waals surface area contributed by atoms with Crippen LogP contribution >= 0.6 is 0 Å². The Balaban J connectivity index is 2.49. The van der Waals surface area contributed by atoms with Crippen LogP contribution in [0.1, 0.15) is 47.0 Å². The van der Waals surface area contributed by atoms with Gasteiger partial charge in [-0.05, 0) is 38.6 Å². The summed E-state index contributed by atoms with van der Waals surface area (Å²) >= 11 is 0. The van der Waals surface area contributed by atoms with Crippen LogP contribution in [0.5, 0.6) is 0 Å². The first-order valence-corrected chi connectivity index (χ1v) is 7.58. The molecular weight excluding hydrogens is 224 g/mol. The van der Waals surface area contributed by atoms with Crippen molar-refractivity contribution in [2.75, 3.05) is 26.8 Å². The Morgan fingerprint density at radius 1 is 1.39 bits per heavy atom. The van der Waals surface area contributed by atoms with Gasteiger partial charge in [-0.2, -0.15) is 0 Å². The van der Waals surface area contributed by atoms with Crippen LogP contribution in [0.3, 0.4) is 0 Å². The van der Waals surface area contributed by atoms with Gasteiger partial charge in [-0.1, -0.05) is 20.8 Å². The summed E-state index contributed by atoms with van der Waals surface area (Å²) in [6, 6.07) is 1.94. The molecule has 3 unspecified atom stereocenters. The highest BCUT2D eigenvalue weighted by Crippen LogP contribution is 2.23. The Hall–Kier alpha value is -0.120. The maximum absolute atomic E-state index is 5.40. The summed E-state index contributed by atoms with van der Waals surface area (Å²) in [5.74, 6) is 0.660. The Morgan fingerprint density at radius 2 is 2.11 bits per heavy atom. The molecular formula is C15H32N2O. The van der Waals surface area contributed by atoms with Crippen LogP contribution in [0.4, 0.5) is 0 Å². The number of hydrogen-bond acceptors (Lipinski definition) is 3. The number of methoxy groups -OCH3 is 1. The molecule has 1 fully saturated rings. The van der Waals surface area contributed by atoms with E-state index >= 15 is 0 Å². The molecule has 1 rings (SSSR count). The molecule has 1 heterocycles. The normalized spacial score (nSPS) is 27.7. The van der Waals surface area contributed by atoms with E-state index < -0.39 is 0 Å². The second-order valence-corrected chi connectivity index (χ2v) is 6.03. The largest absolute Gasteiger partial charge is 0.383 e. The molecule has 0 saturated carbocycles. The average molecular weight is 256 g/mol. The van der Waals surface area contributed by atoms with Crippen LogP contribution in [0, 0.1) is 5.92 Å². The third-order valence-corrected chi connectivity index (χ3v) is 4.14. The van der Waals surface area contributed by atoms with E-state index in [0.717, 1.165) is 13.2 Å². The zero-order valence-electron chi connectivity index (χ0n) is 12.9. The Bertz CT molecular complexity index is 221. The maximum Gasteiger partial charge on any atom is 0.0620 e. The van der Waals surface area contributed by atoms with Gasteiger partial charge in [-0.25, -0.2) is 0 Å². The molecule has 0 aliphatic carbocycles. The molecule has 0 aromatic rings. The van der Waals surface area contributed by atoms with Crippen LogP contribution in [0.2, 0.25) is 0 Å². The molecule has 0 bridgehead atoms. The molecule has 1 aliphatic heterocycles. The molecule has 0 spiro atoms. The second-order valence-electron chi connectivity index (χ2n) is 6.03. The minimum atomic E-state index is 0.567. The molecule has 1 saturated heterocycles. The number of likely N-dealkylation sites (tertiary alicyclic amines) is 1. The predicted octanol–water partition coefficient (Wildman–Crippen LogP) is 2.51. The number of piperidine rings is 1. The van der Waals surface area contributed by atoms with Crippen molar-refractivity contribution in [2.45, 2.75) is 65.1 Å². The van der Waals surface area contributed by atoms with E-state index in [-0.39, 0.29) is 0 Å². The second kappa shape index (κ2) is 8.13. The fourth-order valence-corrected chi connectivity index (χ4v) is 3.06. The van der Waals surface area contributed by atoms with E-state index in [0.29, 0.717) is 24.0 Å². The van der Waals surface area contributed by atoms with Crippen LogP contribution < -0.4 is 5.32 Å². The van der Waals surface area contributed by atoms with Gasteiger partial charge in [0.1, 0.15) is 0 Å². The standard InChI is InChI=1S/C15H32N2O/c1-6-8-16-14-7-9-17(13(4)10-14)15(11-18-5)12(2)3/h12-16H,6-11H2,1-5H3. The number of nitrogens with zero attached hydrogens (tertiary/aromatic N) is 1. The van der Waals surface area contributed by atoms with Gasteiger partial charge in [0.25, 0.3) is 0 Å². The van der Waals surface area contributed by atoms with Gasteiger partial charge < -0.3 is 10.1 Å². The minimum Gasteiger partial charge on any atom is -0.383 e. The molecule has 108 valence electrons. The Morgan fingerprint density at radius 3 is 2.61 bits per heavy atom. The van der Waals surface area contributed by atoms with E-state index in [1.54, 1.807) is 0 Å². The van der Waals surface area contributed by atoms with Crippen LogP contribution in [0.15, 0.2) is 0 Å². The van der Waals surface area contributed by atoms with Gasteiger partial charge in [-0.15, -0.1) is 0 Å². The summed E-state index contributed by atoms with van der Waals surface area (Å²) in [6.07, 6.45) is 3.77. The van der Waals surface area contributed by atoms with E-state index in [2.05, 4.69) is 37.9 Å². The van der Waals surface area contributed by atoms with Crippen LogP contribution in [-0.2, 0) is 4.74 Å². The van der Waals surface area contributed by atoms with Gasteiger partial charge in [0.05, 0.1) is 6.61 Å². The van der Waals surface area contributed by atoms with Crippen molar-refractivity contribution in [3.63, 3.8) is 0 Å². The summed E-state index contributed by atoms with van der Waals surface area (Å²) in [6.45, 7) is 12.4. The molecule has 1 N–H and O–H groups in total. The quantitative estimate of drug-likeness (QED) is 0.757. The topological polar surface area (TPSA) is 24.5 Å². The minimum absolute atomic E-state index is 0.567. The van der Waals surface area contributed by atoms with Gasteiger partial charge in [-0.3, -0.25) is 4.90 Å². The lowest BCUT2D eigenvalue weighted by atomic mass is 9.93. The van der Waals surface area contributed by atoms with Crippen LogP contribution in [-0.4, -0.2) is 49.8 Å². The molecule has 3 atom stereocenters. The summed E-state index contributed by atoms with van der Waals surface area (Å²) in [5.41, 5.74) is 0. The van der Waals surface area contributed by atoms with Crippen molar-refractivity contribution >= 4 is 0 Å². The molecule has 3 nitrogen and oxygen atoms in total. The number of nitrogens with one attached hydrogen (secondary N) is 1. The third kappa shape index (κ3) is 4.52. The maximum atomic E-state index is 5.40. The van der Waals surface area contributed by atoms with Gasteiger partial charge in [0.2, 0.25) is 0 Å².